The lowest BCUT2D eigenvalue weighted by Gasteiger charge is -2.08. The van der Waals surface area contributed by atoms with E-state index in [1.165, 1.54) is 6.92 Å². The van der Waals surface area contributed by atoms with E-state index in [2.05, 4.69) is 16.0 Å². The largest absolute Gasteiger partial charge is 0.385 e. The van der Waals surface area contributed by atoms with Crippen LogP contribution >= 0.6 is 0 Å². The third-order valence-corrected chi connectivity index (χ3v) is 3.18. The molecule has 2 aromatic rings. The Morgan fingerprint density at radius 1 is 0.917 bits per heavy atom. The SMILES string of the molecule is CC(=O)Nc1ccc(NCCC(=O)Nc2ccc(C#N)cc2)cc1. The van der Waals surface area contributed by atoms with E-state index in [9.17, 15) is 9.59 Å². The standard InChI is InChI=1S/C18H18N4O2/c1-13(23)21-16-8-6-15(7-9-16)20-11-10-18(24)22-17-4-2-14(12-19)3-5-17/h2-9,20H,10-11H2,1H3,(H,21,23)(H,22,24). The fourth-order valence-electron chi connectivity index (χ4n) is 2.05. The Balaban J connectivity index is 1.75. The van der Waals surface area contributed by atoms with Crippen molar-refractivity contribution < 1.29 is 9.59 Å². The molecular formula is C18H18N4O2. The first kappa shape index (κ1) is 17.0. The van der Waals surface area contributed by atoms with Crippen molar-refractivity contribution in [3.05, 3.63) is 54.1 Å². The van der Waals surface area contributed by atoms with Crippen LogP contribution in [0, 0.1) is 11.3 Å². The van der Waals surface area contributed by atoms with Crippen molar-refractivity contribution in [3.63, 3.8) is 0 Å². The average molecular weight is 322 g/mol. The van der Waals surface area contributed by atoms with Gasteiger partial charge in [-0.25, -0.2) is 0 Å². The number of nitrogens with zero attached hydrogens (tertiary/aromatic N) is 1. The first-order valence-corrected chi connectivity index (χ1v) is 7.48. The molecule has 0 atom stereocenters. The van der Waals surface area contributed by atoms with Gasteiger partial charge in [0.1, 0.15) is 0 Å². The van der Waals surface area contributed by atoms with Gasteiger partial charge in [-0.2, -0.15) is 5.26 Å². The Morgan fingerprint density at radius 2 is 1.46 bits per heavy atom. The van der Waals surface area contributed by atoms with Crippen LogP contribution in [0.2, 0.25) is 0 Å². The fraction of sp³-hybridized carbons (Fsp3) is 0.167. The maximum absolute atomic E-state index is 11.9. The van der Waals surface area contributed by atoms with E-state index < -0.39 is 0 Å². The zero-order valence-electron chi connectivity index (χ0n) is 13.3. The minimum Gasteiger partial charge on any atom is -0.385 e. The molecule has 0 fully saturated rings. The number of rotatable bonds is 6. The molecule has 3 N–H and O–H groups in total. The molecule has 0 aliphatic carbocycles. The average Bonchev–Trinajstić information content (AvgIpc) is 2.57. The third kappa shape index (κ3) is 5.46. The predicted octanol–water partition coefficient (Wildman–Crippen LogP) is 2.96. The number of nitrogens with one attached hydrogen (secondary N) is 3. The van der Waals surface area contributed by atoms with E-state index in [1.807, 2.05) is 18.2 Å². The van der Waals surface area contributed by atoms with Crippen LogP contribution < -0.4 is 16.0 Å². The molecule has 0 spiro atoms. The molecule has 0 aromatic heterocycles. The van der Waals surface area contributed by atoms with Gasteiger partial charge in [0.25, 0.3) is 0 Å². The number of carbonyl (C=O) groups excluding carboxylic acids is 2. The topological polar surface area (TPSA) is 94.0 Å². The molecule has 0 aliphatic heterocycles. The second kappa shape index (κ2) is 8.34. The van der Waals surface area contributed by atoms with Gasteiger partial charge in [0.05, 0.1) is 11.6 Å². The van der Waals surface area contributed by atoms with E-state index in [0.717, 1.165) is 11.4 Å². The normalized spacial score (nSPS) is 9.67. The Bertz CT molecular complexity index is 746. The summed E-state index contributed by atoms with van der Waals surface area (Å²) in [4.78, 5) is 22.8. The summed E-state index contributed by atoms with van der Waals surface area (Å²) in [7, 11) is 0. The van der Waals surface area contributed by atoms with Crippen LogP contribution in [0.15, 0.2) is 48.5 Å². The molecule has 0 bridgehead atoms. The van der Waals surface area contributed by atoms with E-state index in [4.69, 9.17) is 5.26 Å². The van der Waals surface area contributed by atoms with E-state index in [0.29, 0.717) is 24.2 Å². The number of hydrogen-bond donors (Lipinski definition) is 3. The van der Waals surface area contributed by atoms with Gasteiger partial charge in [-0.05, 0) is 48.5 Å². The van der Waals surface area contributed by atoms with Crippen molar-refractivity contribution >= 4 is 28.9 Å². The molecule has 6 nitrogen and oxygen atoms in total. The monoisotopic (exact) mass is 322 g/mol. The molecule has 0 unspecified atom stereocenters. The van der Waals surface area contributed by atoms with Gasteiger partial charge in [0, 0.05) is 37.0 Å². The van der Waals surface area contributed by atoms with Crippen LogP contribution in [0.3, 0.4) is 0 Å². The Kier molecular flexibility index (Phi) is 5.92. The van der Waals surface area contributed by atoms with Gasteiger partial charge in [-0.3, -0.25) is 9.59 Å². The van der Waals surface area contributed by atoms with Crippen LogP contribution in [-0.2, 0) is 9.59 Å². The first-order chi connectivity index (χ1) is 11.6. The maximum Gasteiger partial charge on any atom is 0.226 e. The van der Waals surface area contributed by atoms with Gasteiger partial charge >= 0.3 is 0 Å². The number of benzene rings is 2. The minimum atomic E-state index is -0.116. The van der Waals surface area contributed by atoms with Crippen LogP contribution in [0.5, 0.6) is 0 Å². The van der Waals surface area contributed by atoms with Crippen molar-refractivity contribution in [1.29, 1.82) is 5.26 Å². The van der Waals surface area contributed by atoms with Gasteiger partial charge in [-0.15, -0.1) is 0 Å². The summed E-state index contributed by atoms with van der Waals surface area (Å²) in [5.74, 6) is -0.225. The van der Waals surface area contributed by atoms with Crippen molar-refractivity contribution in [2.24, 2.45) is 0 Å². The second-order valence-corrected chi connectivity index (χ2v) is 5.17. The third-order valence-electron chi connectivity index (χ3n) is 3.18. The second-order valence-electron chi connectivity index (χ2n) is 5.17. The van der Waals surface area contributed by atoms with Crippen molar-refractivity contribution in [2.75, 3.05) is 22.5 Å². The van der Waals surface area contributed by atoms with Crippen LogP contribution in [-0.4, -0.2) is 18.4 Å². The minimum absolute atomic E-state index is 0.109. The zero-order chi connectivity index (χ0) is 17.4. The van der Waals surface area contributed by atoms with Crippen molar-refractivity contribution in [1.82, 2.24) is 0 Å². The summed E-state index contributed by atoms with van der Waals surface area (Å²) in [6.07, 6.45) is 0.313. The van der Waals surface area contributed by atoms with Gasteiger partial charge in [0.15, 0.2) is 0 Å². The maximum atomic E-state index is 11.9. The lowest BCUT2D eigenvalue weighted by Crippen LogP contribution is -2.16. The summed E-state index contributed by atoms with van der Waals surface area (Å²) in [6, 6.07) is 16.0. The molecule has 2 amide bonds. The van der Waals surface area contributed by atoms with Gasteiger partial charge in [0.2, 0.25) is 11.8 Å². The molecule has 2 aromatic carbocycles. The van der Waals surface area contributed by atoms with Crippen molar-refractivity contribution in [2.45, 2.75) is 13.3 Å². The number of nitriles is 1. The number of carbonyl (C=O) groups is 2. The molecule has 2 rings (SSSR count). The summed E-state index contributed by atoms with van der Waals surface area (Å²) in [5.41, 5.74) is 2.82. The zero-order valence-corrected chi connectivity index (χ0v) is 13.3. The molecule has 122 valence electrons. The number of hydrogen-bond acceptors (Lipinski definition) is 4. The molecule has 24 heavy (non-hydrogen) atoms. The Morgan fingerprint density at radius 3 is 2.04 bits per heavy atom. The lowest BCUT2D eigenvalue weighted by atomic mass is 10.2. The lowest BCUT2D eigenvalue weighted by molar-refractivity contribution is -0.116. The quantitative estimate of drug-likeness (QED) is 0.762. The Hall–Kier alpha value is -3.33. The summed E-state index contributed by atoms with van der Waals surface area (Å²) >= 11 is 0. The van der Waals surface area contributed by atoms with Gasteiger partial charge < -0.3 is 16.0 Å². The molecule has 0 heterocycles. The highest BCUT2D eigenvalue weighted by molar-refractivity contribution is 5.91. The first-order valence-electron chi connectivity index (χ1n) is 7.48. The van der Waals surface area contributed by atoms with E-state index in [1.54, 1.807) is 36.4 Å². The predicted molar refractivity (Wildman–Crippen MR) is 93.6 cm³/mol. The highest BCUT2D eigenvalue weighted by Gasteiger charge is 2.03. The smallest absolute Gasteiger partial charge is 0.226 e. The van der Waals surface area contributed by atoms with Crippen LogP contribution in [0.1, 0.15) is 18.9 Å². The highest BCUT2D eigenvalue weighted by Crippen LogP contribution is 2.13. The van der Waals surface area contributed by atoms with E-state index in [-0.39, 0.29) is 11.8 Å². The highest BCUT2D eigenvalue weighted by atomic mass is 16.2. The molecular weight excluding hydrogens is 304 g/mol. The molecule has 0 radical (unpaired) electrons. The number of amides is 2. The van der Waals surface area contributed by atoms with Gasteiger partial charge in [-0.1, -0.05) is 0 Å². The van der Waals surface area contributed by atoms with Crippen LogP contribution in [0.25, 0.3) is 0 Å². The fourth-order valence-corrected chi connectivity index (χ4v) is 2.05. The number of anilines is 3. The molecule has 0 aliphatic rings. The van der Waals surface area contributed by atoms with E-state index >= 15 is 0 Å². The molecule has 0 saturated heterocycles. The molecule has 6 heteroatoms. The summed E-state index contributed by atoms with van der Waals surface area (Å²) < 4.78 is 0. The van der Waals surface area contributed by atoms with Crippen molar-refractivity contribution in [3.8, 4) is 6.07 Å². The Labute approximate surface area is 140 Å². The molecule has 0 saturated carbocycles. The summed E-state index contributed by atoms with van der Waals surface area (Å²) in [5, 5.41) is 17.3. The summed E-state index contributed by atoms with van der Waals surface area (Å²) in [6.45, 7) is 1.94. The van der Waals surface area contributed by atoms with Crippen LogP contribution in [0.4, 0.5) is 17.1 Å².